The fourth-order valence-corrected chi connectivity index (χ4v) is 2.10. The van der Waals surface area contributed by atoms with Gasteiger partial charge in [-0.3, -0.25) is 4.79 Å². The molecule has 0 aliphatic rings. The predicted octanol–water partition coefficient (Wildman–Crippen LogP) is 3.13. The van der Waals surface area contributed by atoms with E-state index >= 15 is 0 Å². The topological polar surface area (TPSA) is 58.6 Å². The van der Waals surface area contributed by atoms with Crippen molar-refractivity contribution in [1.29, 1.82) is 0 Å². The summed E-state index contributed by atoms with van der Waals surface area (Å²) in [5.41, 5.74) is 1.47. The third kappa shape index (κ3) is 5.76. The molecule has 0 fully saturated rings. The average molecular weight is 306 g/mol. The monoisotopic (exact) mass is 306 g/mol. The molecule has 0 aliphatic heterocycles. The van der Waals surface area contributed by atoms with Gasteiger partial charge in [0, 0.05) is 25.7 Å². The number of amides is 2. The molecule has 0 saturated heterocycles. The van der Waals surface area contributed by atoms with Gasteiger partial charge in [0.1, 0.15) is 5.60 Å². The highest BCUT2D eigenvalue weighted by molar-refractivity contribution is 5.92. The van der Waals surface area contributed by atoms with Crippen LogP contribution in [0, 0.1) is 0 Å². The van der Waals surface area contributed by atoms with Crippen molar-refractivity contribution in [2.24, 2.45) is 0 Å². The van der Waals surface area contributed by atoms with E-state index in [1.807, 2.05) is 45.0 Å². The highest BCUT2D eigenvalue weighted by Gasteiger charge is 2.17. The summed E-state index contributed by atoms with van der Waals surface area (Å²) in [6, 6.07) is 7.80. The largest absolute Gasteiger partial charge is 0.444 e. The molecule has 1 aromatic rings. The summed E-state index contributed by atoms with van der Waals surface area (Å²) in [6.07, 6.45) is 0.374. The molecular formula is C17H26N2O3. The Morgan fingerprint density at radius 1 is 1.23 bits per heavy atom. The second-order valence-electron chi connectivity index (χ2n) is 6.08. The molecule has 0 aromatic heterocycles. The quantitative estimate of drug-likeness (QED) is 0.909. The van der Waals surface area contributed by atoms with Crippen molar-refractivity contribution < 1.29 is 14.3 Å². The Labute approximate surface area is 132 Å². The zero-order chi connectivity index (χ0) is 16.8. The number of ether oxygens (including phenoxy) is 1. The first kappa shape index (κ1) is 18.0. The van der Waals surface area contributed by atoms with Crippen LogP contribution in [0.15, 0.2) is 24.3 Å². The Kier molecular flexibility index (Phi) is 6.40. The molecule has 5 heteroatoms. The van der Waals surface area contributed by atoms with Gasteiger partial charge in [-0.2, -0.15) is 0 Å². The molecule has 0 heterocycles. The van der Waals surface area contributed by atoms with Crippen LogP contribution in [0.4, 0.5) is 10.5 Å². The van der Waals surface area contributed by atoms with Gasteiger partial charge < -0.3 is 15.0 Å². The van der Waals surface area contributed by atoms with Gasteiger partial charge in [-0.25, -0.2) is 4.79 Å². The van der Waals surface area contributed by atoms with E-state index in [-0.39, 0.29) is 5.91 Å². The van der Waals surface area contributed by atoms with Crippen molar-refractivity contribution in [2.45, 2.75) is 46.6 Å². The molecular weight excluding hydrogens is 280 g/mol. The Bertz CT molecular complexity index is 521. The summed E-state index contributed by atoms with van der Waals surface area (Å²) >= 11 is 0. The van der Waals surface area contributed by atoms with Crippen LogP contribution in [0.1, 0.15) is 40.2 Å². The summed E-state index contributed by atoms with van der Waals surface area (Å²) in [5.74, 6) is -0.0492. The number of para-hydroxylation sites is 1. The molecule has 1 aromatic carbocycles. The number of hydrogen-bond donors (Lipinski definition) is 1. The van der Waals surface area contributed by atoms with Gasteiger partial charge in [0.25, 0.3) is 0 Å². The van der Waals surface area contributed by atoms with Gasteiger partial charge in [0.15, 0.2) is 0 Å². The molecule has 0 bridgehead atoms. The molecule has 0 saturated carbocycles. The fourth-order valence-electron chi connectivity index (χ4n) is 2.10. The number of alkyl carbamates (subject to hydrolysis) is 1. The van der Waals surface area contributed by atoms with Gasteiger partial charge in [0.05, 0.1) is 0 Å². The number of anilines is 1. The lowest BCUT2D eigenvalue weighted by atomic mass is 10.1. The highest BCUT2D eigenvalue weighted by Crippen LogP contribution is 2.20. The molecule has 0 spiro atoms. The minimum absolute atomic E-state index is 0.0492. The first-order chi connectivity index (χ1) is 10.2. The molecule has 122 valence electrons. The van der Waals surface area contributed by atoms with E-state index in [0.29, 0.717) is 13.1 Å². The molecule has 0 unspecified atom stereocenters. The predicted molar refractivity (Wildman–Crippen MR) is 88.1 cm³/mol. The molecule has 1 rings (SSSR count). The van der Waals surface area contributed by atoms with Crippen LogP contribution >= 0.6 is 0 Å². The number of aryl methyl sites for hydroxylation is 1. The number of nitrogens with one attached hydrogen (secondary N) is 1. The Hall–Kier alpha value is -2.04. The van der Waals surface area contributed by atoms with Crippen LogP contribution in [0.2, 0.25) is 0 Å². The standard InChI is InChI=1S/C17H26N2O3/c1-6-14-9-7-8-10-15(14)19(13(2)20)12-11-18-16(21)22-17(3,4)5/h7-10H,6,11-12H2,1-5H3,(H,18,21). The van der Waals surface area contributed by atoms with Gasteiger partial charge in [0.2, 0.25) is 5.91 Å². The number of carbonyl (C=O) groups excluding carboxylic acids is 2. The van der Waals surface area contributed by atoms with Crippen LogP contribution in [0.3, 0.4) is 0 Å². The number of nitrogens with zero attached hydrogens (tertiary/aromatic N) is 1. The molecule has 0 radical (unpaired) electrons. The number of rotatable bonds is 5. The Morgan fingerprint density at radius 2 is 1.86 bits per heavy atom. The third-order valence-electron chi connectivity index (χ3n) is 3.05. The van der Waals surface area contributed by atoms with Crippen LogP contribution < -0.4 is 10.2 Å². The smallest absolute Gasteiger partial charge is 0.407 e. The van der Waals surface area contributed by atoms with Crippen molar-refractivity contribution in [2.75, 3.05) is 18.0 Å². The van der Waals surface area contributed by atoms with Crippen LogP contribution in [0.5, 0.6) is 0 Å². The minimum atomic E-state index is -0.529. The SMILES string of the molecule is CCc1ccccc1N(CCNC(=O)OC(C)(C)C)C(C)=O. The van der Waals surface area contributed by atoms with E-state index in [1.165, 1.54) is 6.92 Å². The maximum atomic E-state index is 11.9. The van der Waals surface area contributed by atoms with E-state index in [2.05, 4.69) is 12.2 Å². The van der Waals surface area contributed by atoms with E-state index in [9.17, 15) is 9.59 Å². The van der Waals surface area contributed by atoms with Crippen LogP contribution in [-0.2, 0) is 16.0 Å². The number of carbonyl (C=O) groups is 2. The maximum Gasteiger partial charge on any atom is 0.407 e. The minimum Gasteiger partial charge on any atom is -0.444 e. The Balaban J connectivity index is 2.67. The van der Waals surface area contributed by atoms with E-state index in [4.69, 9.17) is 4.74 Å². The summed E-state index contributed by atoms with van der Waals surface area (Å²) in [5, 5.41) is 2.68. The van der Waals surface area contributed by atoms with Gasteiger partial charge in [-0.1, -0.05) is 25.1 Å². The Morgan fingerprint density at radius 3 is 2.41 bits per heavy atom. The van der Waals surface area contributed by atoms with Crippen molar-refractivity contribution in [1.82, 2.24) is 5.32 Å². The summed E-state index contributed by atoms with van der Waals surface area (Å²) in [4.78, 5) is 25.2. The lowest BCUT2D eigenvalue weighted by Gasteiger charge is -2.24. The van der Waals surface area contributed by atoms with Crippen molar-refractivity contribution >= 4 is 17.7 Å². The van der Waals surface area contributed by atoms with Gasteiger partial charge >= 0.3 is 6.09 Å². The molecule has 2 amide bonds. The van der Waals surface area contributed by atoms with Gasteiger partial charge in [-0.05, 0) is 38.8 Å². The second-order valence-corrected chi connectivity index (χ2v) is 6.08. The van der Waals surface area contributed by atoms with Crippen LogP contribution in [-0.4, -0.2) is 30.7 Å². The first-order valence-electron chi connectivity index (χ1n) is 7.57. The normalized spacial score (nSPS) is 11.0. The molecule has 0 atom stereocenters. The third-order valence-corrected chi connectivity index (χ3v) is 3.05. The summed E-state index contributed by atoms with van der Waals surface area (Å²) in [7, 11) is 0. The zero-order valence-electron chi connectivity index (χ0n) is 14.1. The van der Waals surface area contributed by atoms with E-state index < -0.39 is 11.7 Å². The second kappa shape index (κ2) is 7.82. The fraction of sp³-hybridized carbons (Fsp3) is 0.529. The lowest BCUT2D eigenvalue weighted by Crippen LogP contribution is -2.40. The van der Waals surface area contributed by atoms with Crippen LogP contribution in [0.25, 0.3) is 0 Å². The lowest BCUT2D eigenvalue weighted by molar-refractivity contribution is -0.116. The summed E-state index contributed by atoms with van der Waals surface area (Å²) < 4.78 is 5.18. The van der Waals surface area contributed by atoms with Crippen molar-refractivity contribution in [3.63, 3.8) is 0 Å². The molecule has 5 nitrogen and oxygen atoms in total. The number of hydrogen-bond acceptors (Lipinski definition) is 3. The van der Waals surface area contributed by atoms with E-state index in [1.54, 1.807) is 4.90 Å². The van der Waals surface area contributed by atoms with Gasteiger partial charge in [-0.15, -0.1) is 0 Å². The van der Waals surface area contributed by atoms with E-state index in [0.717, 1.165) is 17.7 Å². The molecule has 22 heavy (non-hydrogen) atoms. The molecule has 1 N–H and O–H groups in total. The maximum absolute atomic E-state index is 11.9. The highest BCUT2D eigenvalue weighted by atomic mass is 16.6. The van der Waals surface area contributed by atoms with Crippen molar-refractivity contribution in [3.05, 3.63) is 29.8 Å². The summed E-state index contributed by atoms with van der Waals surface area (Å²) in [6.45, 7) is 9.76. The first-order valence-corrected chi connectivity index (χ1v) is 7.57. The van der Waals surface area contributed by atoms with Crippen molar-refractivity contribution in [3.8, 4) is 0 Å². The number of benzene rings is 1. The zero-order valence-corrected chi connectivity index (χ0v) is 14.1. The molecule has 0 aliphatic carbocycles. The average Bonchev–Trinajstić information content (AvgIpc) is 2.41.